The molecule has 0 aliphatic carbocycles. The fourth-order valence-corrected chi connectivity index (χ4v) is 6.16. The maximum Gasteiger partial charge on any atom is 0.327 e. The van der Waals surface area contributed by atoms with Crippen molar-refractivity contribution in [3.8, 4) is 22.3 Å². The van der Waals surface area contributed by atoms with Crippen molar-refractivity contribution in [2.45, 2.75) is 17.8 Å². The van der Waals surface area contributed by atoms with E-state index in [1.54, 1.807) is 24.3 Å². The molecule has 0 spiro atoms. The number of benzene rings is 5. The number of para-hydroxylation sites is 2. The molecular weight excluding hydrogens is 556 g/mol. The van der Waals surface area contributed by atoms with Crippen LogP contribution in [0.4, 0.5) is 0 Å². The van der Waals surface area contributed by atoms with Gasteiger partial charge in [-0.05, 0) is 33.9 Å². The van der Waals surface area contributed by atoms with Crippen LogP contribution >= 0.6 is 11.8 Å². The van der Waals surface area contributed by atoms with Gasteiger partial charge in [0, 0.05) is 27.8 Å². The third kappa shape index (κ3) is 6.18. The Morgan fingerprint density at radius 3 is 2.09 bits per heavy atom. The van der Waals surface area contributed by atoms with Crippen molar-refractivity contribution in [3.63, 3.8) is 0 Å². The lowest BCUT2D eigenvalue weighted by Gasteiger charge is -2.18. The molecule has 0 radical (unpaired) electrons. The summed E-state index contributed by atoms with van der Waals surface area (Å²) in [6.45, 7) is 0. The van der Waals surface area contributed by atoms with Crippen LogP contribution in [0.25, 0.3) is 44.2 Å². The molecule has 0 saturated carbocycles. The van der Waals surface area contributed by atoms with Gasteiger partial charge < -0.3 is 20.6 Å². The largest absolute Gasteiger partial charge is 0.480 e. The third-order valence-corrected chi connectivity index (χ3v) is 8.60. The zero-order chi connectivity index (χ0) is 29.8. The highest BCUT2D eigenvalue weighted by Gasteiger charge is 2.24. The number of carbonyl (C=O) groups is 2. The molecule has 0 fully saturated rings. The van der Waals surface area contributed by atoms with Crippen molar-refractivity contribution >= 4 is 45.6 Å². The first kappa shape index (κ1) is 28.3. The SMILES string of the molecule is NC(C(=O)NC(CSCc1ccc(-c2ccc(-c3cccc4c3oc3ccccc34)cc2)cc1)C(=O)O)c1ccccc1. The van der Waals surface area contributed by atoms with E-state index < -0.39 is 24.0 Å². The molecule has 1 amide bonds. The van der Waals surface area contributed by atoms with Gasteiger partial charge in [0.05, 0.1) is 0 Å². The minimum Gasteiger partial charge on any atom is -0.480 e. The molecule has 2 unspecified atom stereocenters. The second-order valence-corrected chi connectivity index (χ2v) is 11.4. The summed E-state index contributed by atoms with van der Waals surface area (Å²) in [7, 11) is 0. The number of thioether (sulfide) groups is 1. The van der Waals surface area contributed by atoms with Crippen LogP contribution in [0.1, 0.15) is 17.2 Å². The van der Waals surface area contributed by atoms with E-state index in [1.807, 2.05) is 36.4 Å². The molecule has 2 atom stereocenters. The van der Waals surface area contributed by atoms with Gasteiger partial charge in [-0.1, -0.05) is 115 Å². The highest BCUT2D eigenvalue weighted by molar-refractivity contribution is 7.98. The van der Waals surface area contributed by atoms with E-state index in [-0.39, 0.29) is 5.75 Å². The van der Waals surface area contributed by atoms with Crippen molar-refractivity contribution in [3.05, 3.63) is 132 Å². The number of rotatable bonds is 10. The van der Waals surface area contributed by atoms with Gasteiger partial charge >= 0.3 is 5.97 Å². The first-order valence-corrected chi connectivity index (χ1v) is 15.1. The Balaban J connectivity index is 1.08. The molecule has 43 heavy (non-hydrogen) atoms. The van der Waals surface area contributed by atoms with E-state index in [0.717, 1.165) is 49.8 Å². The standard InChI is InChI=1S/C36H30N2O4S/c37-33(27-7-2-1-3-8-27)35(39)38-31(36(40)41)22-43-21-23-13-15-24(16-14-23)25-17-19-26(20-18-25)28-10-6-11-30-29-9-4-5-12-32(29)42-34(28)30/h1-20,31,33H,21-22,37H2,(H,38,39)(H,40,41). The molecule has 214 valence electrons. The molecule has 6 rings (SSSR count). The maximum atomic E-state index is 12.5. The highest BCUT2D eigenvalue weighted by Crippen LogP contribution is 2.36. The number of carboxylic acid groups (broad SMARTS) is 1. The van der Waals surface area contributed by atoms with Crippen molar-refractivity contribution in [2.75, 3.05) is 5.75 Å². The molecule has 0 aliphatic heterocycles. The topological polar surface area (TPSA) is 106 Å². The molecule has 1 heterocycles. The number of carboxylic acids is 1. The summed E-state index contributed by atoms with van der Waals surface area (Å²) in [5.74, 6) is -0.755. The van der Waals surface area contributed by atoms with Gasteiger partial charge in [-0.2, -0.15) is 11.8 Å². The summed E-state index contributed by atoms with van der Waals surface area (Å²) < 4.78 is 6.21. The Labute approximate surface area is 253 Å². The summed E-state index contributed by atoms with van der Waals surface area (Å²) in [5, 5.41) is 14.4. The van der Waals surface area contributed by atoms with E-state index in [9.17, 15) is 14.7 Å². The molecule has 0 aliphatic rings. The van der Waals surface area contributed by atoms with Crippen LogP contribution in [0.2, 0.25) is 0 Å². The van der Waals surface area contributed by atoms with Gasteiger partial charge in [0.15, 0.2) is 0 Å². The molecule has 1 aromatic heterocycles. The molecule has 0 saturated heterocycles. The first-order chi connectivity index (χ1) is 21.0. The molecule has 7 heteroatoms. The minimum absolute atomic E-state index is 0.226. The predicted octanol–water partition coefficient (Wildman–Crippen LogP) is 7.42. The van der Waals surface area contributed by atoms with Gasteiger partial charge in [0.25, 0.3) is 0 Å². The Bertz CT molecular complexity index is 1880. The zero-order valence-corrected chi connectivity index (χ0v) is 24.1. The third-order valence-electron chi connectivity index (χ3n) is 7.50. The van der Waals surface area contributed by atoms with Crippen molar-refractivity contribution < 1.29 is 19.1 Å². The highest BCUT2D eigenvalue weighted by atomic mass is 32.2. The summed E-state index contributed by atoms with van der Waals surface area (Å²) in [6.07, 6.45) is 0. The van der Waals surface area contributed by atoms with Crippen molar-refractivity contribution in [2.24, 2.45) is 5.73 Å². The second kappa shape index (κ2) is 12.6. The smallest absolute Gasteiger partial charge is 0.327 e. The fraction of sp³-hybridized carbons (Fsp3) is 0.111. The summed E-state index contributed by atoms with van der Waals surface area (Å²) in [4.78, 5) is 24.3. The molecule has 6 aromatic rings. The number of aliphatic carboxylic acids is 1. The maximum absolute atomic E-state index is 12.5. The lowest BCUT2D eigenvalue weighted by atomic mass is 9.98. The number of hydrogen-bond acceptors (Lipinski definition) is 5. The van der Waals surface area contributed by atoms with Gasteiger partial charge in [-0.25, -0.2) is 4.79 Å². The van der Waals surface area contributed by atoms with E-state index in [1.165, 1.54) is 11.8 Å². The Morgan fingerprint density at radius 2 is 1.37 bits per heavy atom. The number of carbonyl (C=O) groups excluding carboxylic acids is 1. The fourth-order valence-electron chi connectivity index (χ4n) is 5.15. The minimum atomic E-state index is -1.09. The average Bonchev–Trinajstić information content (AvgIpc) is 3.43. The lowest BCUT2D eigenvalue weighted by molar-refractivity contribution is -0.141. The van der Waals surface area contributed by atoms with Crippen LogP contribution in [0.3, 0.4) is 0 Å². The normalized spacial score (nSPS) is 12.7. The zero-order valence-electron chi connectivity index (χ0n) is 23.3. The lowest BCUT2D eigenvalue weighted by Crippen LogP contribution is -2.46. The molecule has 4 N–H and O–H groups in total. The van der Waals surface area contributed by atoms with Crippen LogP contribution in [-0.2, 0) is 15.3 Å². The predicted molar refractivity (Wildman–Crippen MR) is 174 cm³/mol. The van der Waals surface area contributed by atoms with Crippen LogP contribution in [0.5, 0.6) is 0 Å². The summed E-state index contributed by atoms with van der Waals surface area (Å²) in [5.41, 5.74) is 13.8. The number of hydrogen-bond donors (Lipinski definition) is 3. The van der Waals surface area contributed by atoms with E-state index in [4.69, 9.17) is 10.2 Å². The summed E-state index contributed by atoms with van der Waals surface area (Å²) in [6, 6.07) is 38.0. The van der Waals surface area contributed by atoms with Crippen LogP contribution < -0.4 is 11.1 Å². The number of fused-ring (bicyclic) bond motifs is 3. The molecule has 0 bridgehead atoms. The second-order valence-electron chi connectivity index (χ2n) is 10.4. The van der Waals surface area contributed by atoms with Crippen LogP contribution in [0, 0.1) is 0 Å². The van der Waals surface area contributed by atoms with Gasteiger partial charge in [0.2, 0.25) is 5.91 Å². The number of nitrogens with one attached hydrogen (secondary N) is 1. The van der Waals surface area contributed by atoms with Gasteiger partial charge in [-0.3, -0.25) is 4.79 Å². The number of amides is 1. The Hall–Kier alpha value is -4.85. The Kier molecular flexibility index (Phi) is 8.27. The van der Waals surface area contributed by atoms with E-state index in [0.29, 0.717) is 11.3 Å². The number of furan rings is 1. The monoisotopic (exact) mass is 586 g/mol. The molecular formula is C36H30N2O4S. The van der Waals surface area contributed by atoms with Crippen molar-refractivity contribution in [1.82, 2.24) is 5.32 Å². The molecule has 6 nitrogen and oxygen atoms in total. The quantitative estimate of drug-likeness (QED) is 0.154. The van der Waals surface area contributed by atoms with Gasteiger partial charge in [-0.15, -0.1) is 0 Å². The first-order valence-electron chi connectivity index (χ1n) is 14.0. The van der Waals surface area contributed by atoms with Crippen molar-refractivity contribution in [1.29, 1.82) is 0 Å². The van der Waals surface area contributed by atoms with Gasteiger partial charge in [0.1, 0.15) is 23.2 Å². The van der Waals surface area contributed by atoms with Crippen LogP contribution in [-0.4, -0.2) is 28.8 Å². The van der Waals surface area contributed by atoms with E-state index >= 15 is 0 Å². The summed E-state index contributed by atoms with van der Waals surface area (Å²) >= 11 is 1.45. The Morgan fingerprint density at radius 1 is 0.744 bits per heavy atom. The van der Waals surface area contributed by atoms with Crippen LogP contribution in [0.15, 0.2) is 126 Å². The van der Waals surface area contributed by atoms with E-state index in [2.05, 4.69) is 66.0 Å². The molecule has 5 aromatic carbocycles. The number of nitrogens with two attached hydrogens (primary N) is 1. The average molecular weight is 587 g/mol.